The molecule has 3 aromatic rings. The Hall–Kier alpha value is -3.29. The van der Waals surface area contributed by atoms with Crippen LogP contribution in [0, 0.1) is 6.92 Å². The van der Waals surface area contributed by atoms with Crippen LogP contribution in [0.5, 0.6) is 11.5 Å². The van der Waals surface area contributed by atoms with Crippen molar-refractivity contribution in [3.63, 3.8) is 0 Å². The van der Waals surface area contributed by atoms with Gasteiger partial charge in [0.05, 0.1) is 14.2 Å². The summed E-state index contributed by atoms with van der Waals surface area (Å²) in [5, 5.41) is 7.49. The second-order valence-corrected chi connectivity index (χ2v) is 5.15. The smallest absolute Gasteiger partial charge is 0.360 e. The quantitative estimate of drug-likeness (QED) is 0.630. The molecule has 0 atom stereocenters. The first-order valence-corrected chi connectivity index (χ1v) is 7.39. The van der Waals surface area contributed by atoms with E-state index in [0.29, 0.717) is 28.7 Å². The van der Waals surface area contributed by atoms with Crippen LogP contribution in [-0.2, 0) is 11.3 Å². The van der Waals surface area contributed by atoms with Crippen LogP contribution in [0.15, 0.2) is 39.4 Å². The molecule has 0 amide bonds. The number of aryl methyl sites for hydroxylation is 1. The molecule has 8 heteroatoms. The Labute approximate surface area is 143 Å². The average molecular weight is 344 g/mol. The fourth-order valence-electron chi connectivity index (χ4n) is 2.18. The molecule has 0 radical (unpaired) electrons. The average Bonchev–Trinajstić information content (AvgIpc) is 3.28. The standard InChI is InChI=1S/C17H16N2O6/c1-10-6-13(19-24-10)17(20)23-9-12-8-15(25-18-12)11-4-5-14(21-2)16(7-11)22-3/h4-8H,9H2,1-3H3. The molecule has 3 rings (SSSR count). The van der Waals surface area contributed by atoms with E-state index < -0.39 is 5.97 Å². The van der Waals surface area contributed by atoms with Crippen LogP contribution in [-0.4, -0.2) is 30.5 Å². The summed E-state index contributed by atoms with van der Waals surface area (Å²) in [4.78, 5) is 11.8. The molecule has 0 aliphatic carbocycles. The minimum absolute atomic E-state index is 0.0401. The highest BCUT2D eigenvalue weighted by atomic mass is 16.5. The highest BCUT2D eigenvalue weighted by Gasteiger charge is 2.15. The van der Waals surface area contributed by atoms with Crippen LogP contribution in [0.2, 0.25) is 0 Å². The number of hydrogen-bond acceptors (Lipinski definition) is 8. The minimum Gasteiger partial charge on any atom is -0.493 e. The summed E-state index contributed by atoms with van der Waals surface area (Å²) in [6.45, 7) is 1.65. The molecule has 2 heterocycles. The van der Waals surface area contributed by atoms with Crippen molar-refractivity contribution in [2.24, 2.45) is 0 Å². The first-order chi connectivity index (χ1) is 12.1. The lowest BCUT2D eigenvalue weighted by Crippen LogP contribution is -2.05. The SMILES string of the molecule is COc1ccc(-c2cc(COC(=O)c3cc(C)on3)no2)cc1OC. The molecule has 1 aromatic carbocycles. The highest BCUT2D eigenvalue weighted by molar-refractivity contribution is 5.87. The summed E-state index contributed by atoms with van der Waals surface area (Å²) in [7, 11) is 3.12. The summed E-state index contributed by atoms with van der Waals surface area (Å²) in [6, 6.07) is 8.54. The van der Waals surface area contributed by atoms with Gasteiger partial charge in [0.1, 0.15) is 18.1 Å². The third-order valence-electron chi connectivity index (χ3n) is 3.42. The van der Waals surface area contributed by atoms with Crippen LogP contribution < -0.4 is 9.47 Å². The lowest BCUT2D eigenvalue weighted by Gasteiger charge is -2.07. The van der Waals surface area contributed by atoms with Crippen molar-refractivity contribution in [2.75, 3.05) is 14.2 Å². The number of carbonyl (C=O) groups excluding carboxylic acids is 1. The molecule has 0 spiro atoms. The number of rotatable bonds is 6. The summed E-state index contributed by atoms with van der Waals surface area (Å²) < 4.78 is 25.7. The van der Waals surface area contributed by atoms with E-state index in [9.17, 15) is 4.79 Å². The maximum atomic E-state index is 11.8. The van der Waals surface area contributed by atoms with Gasteiger partial charge in [-0.2, -0.15) is 0 Å². The van der Waals surface area contributed by atoms with Crippen LogP contribution in [0.3, 0.4) is 0 Å². The van der Waals surface area contributed by atoms with Gasteiger partial charge < -0.3 is 23.3 Å². The fourth-order valence-corrected chi connectivity index (χ4v) is 2.18. The third-order valence-corrected chi connectivity index (χ3v) is 3.42. The topological polar surface area (TPSA) is 96.8 Å². The van der Waals surface area contributed by atoms with Crippen molar-refractivity contribution in [1.82, 2.24) is 10.3 Å². The Kier molecular flexibility index (Phi) is 4.69. The zero-order chi connectivity index (χ0) is 17.8. The molecule has 0 N–H and O–H groups in total. The normalized spacial score (nSPS) is 10.5. The van der Waals surface area contributed by atoms with Crippen molar-refractivity contribution >= 4 is 5.97 Å². The molecule has 0 aliphatic rings. The van der Waals surface area contributed by atoms with E-state index in [4.69, 9.17) is 23.3 Å². The number of hydrogen-bond donors (Lipinski definition) is 0. The predicted molar refractivity (Wildman–Crippen MR) is 85.4 cm³/mol. The van der Waals surface area contributed by atoms with Gasteiger partial charge in [-0.25, -0.2) is 4.79 Å². The molecular weight excluding hydrogens is 328 g/mol. The van der Waals surface area contributed by atoms with E-state index in [1.807, 2.05) is 6.07 Å². The van der Waals surface area contributed by atoms with E-state index in [-0.39, 0.29) is 12.3 Å². The number of esters is 1. The summed E-state index contributed by atoms with van der Waals surface area (Å²) in [6.07, 6.45) is 0. The van der Waals surface area contributed by atoms with Crippen molar-refractivity contribution in [2.45, 2.75) is 13.5 Å². The lowest BCUT2D eigenvalue weighted by atomic mass is 10.1. The number of ether oxygens (including phenoxy) is 3. The Morgan fingerprint density at radius 2 is 1.84 bits per heavy atom. The molecule has 0 unspecified atom stereocenters. The number of carbonyl (C=O) groups is 1. The van der Waals surface area contributed by atoms with Crippen LogP contribution in [0.25, 0.3) is 11.3 Å². The molecule has 0 bridgehead atoms. The number of aromatic nitrogens is 2. The van der Waals surface area contributed by atoms with Gasteiger partial charge in [-0.1, -0.05) is 10.3 Å². The first-order valence-electron chi connectivity index (χ1n) is 7.39. The number of nitrogens with zero attached hydrogens (tertiary/aromatic N) is 2. The number of benzene rings is 1. The van der Waals surface area contributed by atoms with E-state index in [1.54, 1.807) is 39.3 Å². The molecule has 0 fully saturated rings. The van der Waals surface area contributed by atoms with Crippen LogP contribution >= 0.6 is 0 Å². The molecule has 2 aromatic heterocycles. The molecule has 0 aliphatic heterocycles. The Morgan fingerprint density at radius 1 is 1.04 bits per heavy atom. The number of methoxy groups -OCH3 is 2. The largest absolute Gasteiger partial charge is 0.493 e. The minimum atomic E-state index is -0.590. The molecule has 8 nitrogen and oxygen atoms in total. The fraction of sp³-hybridized carbons (Fsp3) is 0.235. The zero-order valence-corrected chi connectivity index (χ0v) is 13.9. The summed E-state index contributed by atoms with van der Waals surface area (Å²) >= 11 is 0. The van der Waals surface area contributed by atoms with E-state index >= 15 is 0 Å². The second kappa shape index (κ2) is 7.08. The third kappa shape index (κ3) is 3.63. The van der Waals surface area contributed by atoms with Crippen molar-refractivity contribution < 1.29 is 28.1 Å². The summed E-state index contributed by atoms with van der Waals surface area (Å²) in [5.74, 6) is 1.65. The molecule has 0 saturated carbocycles. The summed E-state index contributed by atoms with van der Waals surface area (Å²) in [5.41, 5.74) is 1.34. The molecule has 130 valence electrons. The van der Waals surface area contributed by atoms with Crippen molar-refractivity contribution in [1.29, 1.82) is 0 Å². The molecule has 25 heavy (non-hydrogen) atoms. The van der Waals surface area contributed by atoms with Gasteiger partial charge in [-0.05, 0) is 25.1 Å². The zero-order valence-electron chi connectivity index (χ0n) is 13.9. The predicted octanol–water partition coefficient (Wildman–Crippen LogP) is 3.01. The Balaban J connectivity index is 1.69. The molecule has 0 saturated heterocycles. The van der Waals surface area contributed by atoms with Gasteiger partial charge in [0, 0.05) is 17.7 Å². The maximum absolute atomic E-state index is 11.8. The van der Waals surface area contributed by atoms with E-state index in [1.165, 1.54) is 6.07 Å². The van der Waals surface area contributed by atoms with Gasteiger partial charge in [0.25, 0.3) is 0 Å². The Morgan fingerprint density at radius 3 is 2.52 bits per heavy atom. The van der Waals surface area contributed by atoms with Gasteiger partial charge in [-0.3, -0.25) is 0 Å². The second-order valence-electron chi connectivity index (χ2n) is 5.15. The van der Waals surface area contributed by atoms with Crippen LogP contribution in [0.1, 0.15) is 21.9 Å². The lowest BCUT2D eigenvalue weighted by molar-refractivity contribution is 0.0452. The monoisotopic (exact) mass is 344 g/mol. The van der Waals surface area contributed by atoms with E-state index in [2.05, 4.69) is 10.3 Å². The van der Waals surface area contributed by atoms with Gasteiger partial charge >= 0.3 is 5.97 Å². The van der Waals surface area contributed by atoms with Gasteiger partial charge in [0.2, 0.25) is 0 Å². The van der Waals surface area contributed by atoms with Gasteiger partial charge in [0.15, 0.2) is 23.0 Å². The van der Waals surface area contributed by atoms with Crippen LogP contribution in [0.4, 0.5) is 0 Å². The highest BCUT2D eigenvalue weighted by Crippen LogP contribution is 2.32. The maximum Gasteiger partial charge on any atom is 0.360 e. The van der Waals surface area contributed by atoms with Crippen molar-refractivity contribution in [3.05, 3.63) is 47.5 Å². The Bertz CT molecular complexity index is 883. The molecular formula is C17H16N2O6. The van der Waals surface area contributed by atoms with Crippen molar-refractivity contribution in [3.8, 4) is 22.8 Å². The first kappa shape index (κ1) is 16.6. The van der Waals surface area contributed by atoms with Gasteiger partial charge in [-0.15, -0.1) is 0 Å². The van der Waals surface area contributed by atoms with E-state index in [0.717, 1.165) is 5.56 Å².